The molecule has 6 atom stereocenters. The number of ether oxygens (including phenoxy) is 1. The molecular formula is C16H17NO5. The highest BCUT2D eigenvalue weighted by Crippen LogP contribution is 2.57. The van der Waals surface area contributed by atoms with Crippen LogP contribution in [0, 0.1) is 23.7 Å². The summed E-state index contributed by atoms with van der Waals surface area (Å²) in [6.07, 6.45) is -1.30. The molecule has 2 amide bonds. The molecule has 0 unspecified atom stereocenters. The molecule has 6 nitrogen and oxygen atoms in total. The minimum atomic E-state index is -0.916. The van der Waals surface area contributed by atoms with Crippen molar-refractivity contribution in [3.05, 3.63) is 24.3 Å². The van der Waals surface area contributed by atoms with E-state index in [2.05, 4.69) is 0 Å². The number of aliphatic hydroxyl groups excluding tert-OH is 2. The van der Waals surface area contributed by atoms with Crippen molar-refractivity contribution in [2.45, 2.75) is 18.6 Å². The van der Waals surface area contributed by atoms with Gasteiger partial charge in [-0.15, -0.1) is 0 Å². The van der Waals surface area contributed by atoms with Crippen LogP contribution in [-0.2, 0) is 9.59 Å². The summed E-state index contributed by atoms with van der Waals surface area (Å²) < 4.78 is 5.24. The van der Waals surface area contributed by atoms with Gasteiger partial charge >= 0.3 is 0 Å². The van der Waals surface area contributed by atoms with Crippen LogP contribution in [0.25, 0.3) is 0 Å². The molecule has 2 saturated carbocycles. The van der Waals surface area contributed by atoms with Crippen molar-refractivity contribution in [2.24, 2.45) is 23.7 Å². The van der Waals surface area contributed by atoms with Gasteiger partial charge in [-0.1, -0.05) is 12.1 Å². The molecule has 1 aliphatic heterocycles. The summed E-state index contributed by atoms with van der Waals surface area (Å²) in [6.45, 7) is 0. The summed E-state index contributed by atoms with van der Waals surface area (Å²) in [4.78, 5) is 26.7. The Labute approximate surface area is 127 Å². The summed E-state index contributed by atoms with van der Waals surface area (Å²) in [5.41, 5.74) is 0.428. The second kappa shape index (κ2) is 4.54. The van der Waals surface area contributed by atoms with Crippen LogP contribution in [0.3, 0.4) is 0 Å². The molecule has 3 fully saturated rings. The van der Waals surface area contributed by atoms with Gasteiger partial charge in [0.25, 0.3) is 0 Å². The molecule has 2 N–H and O–H groups in total. The fraction of sp³-hybridized carbons (Fsp3) is 0.500. The number of carbonyl (C=O) groups is 2. The Bertz CT molecular complexity index is 628. The molecule has 1 saturated heterocycles. The van der Waals surface area contributed by atoms with E-state index in [1.54, 1.807) is 24.3 Å². The summed E-state index contributed by atoms with van der Waals surface area (Å²) in [5, 5.41) is 20.1. The third-order valence-electron chi connectivity index (χ3n) is 5.42. The molecule has 1 heterocycles. The Hall–Kier alpha value is -1.92. The number of carbonyl (C=O) groups excluding carboxylic acids is 2. The molecule has 1 aromatic carbocycles. The van der Waals surface area contributed by atoms with Crippen molar-refractivity contribution in [3.8, 4) is 5.75 Å². The van der Waals surface area contributed by atoms with E-state index in [0.29, 0.717) is 17.9 Å². The fourth-order valence-corrected chi connectivity index (χ4v) is 4.48. The van der Waals surface area contributed by atoms with Gasteiger partial charge in [0.15, 0.2) is 0 Å². The first kappa shape index (κ1) is 13.7. The lowest BCUT2D eigenvalue weighted by molar-refractivity contribution is -0.129. The van der Waals surface area contributed by atoms with Crippen LogP contribution in [0.2, 0.25) is 0 Å². The van der Waals surface area contributed by atoms with Crippen LogP contribution in [0.1, 0.15) is 6.42 Å². The van der Waals surface area contributed by atoms with E-state index in [9.17, 15) is 19.8 Å². The van der Waals surface area contributed by atoms with Gasteiger partial charge in [0.1, 0.15) is 5.75 Å². The predicted molar refractivity (Wildman–Crippen MR) is 76.1 cm³/mol. The highest BCUT2D eigenvalue weighted by atomic mass is 16.5. The van der Waals surface area contributed by atoms with Gasteiger partial charge in [-0.25, -0.2) is 4.90 Å². The molecule has 116 valence electrons. The highest BCUT2D eigenvalue weighted by Gasteiger charge is 2.67. The quantitative estimate of drug-likeness (QED) is 0.761. The Morgan fingerprint density at radius 3 is 2.14 bits per heavy atom. The lowest BCUT2D eigenvalue weighted by Crippen LogP contribution is -2.43. The van der Waals surface area contributed by atoms with Crippen LogP contribution in [0.5, 0.6) is 5.75 Å². The van der Waals surface area contributed by atoms with E-state index in [4.69, 9.17) is 4.74 Å². The number of rotatable bonds is 2. The maximum Gasteiger partial charge on any atom is 0.238 e. The maximum atomic E-state index is 12.8. The van der Waals surface area contributed by atoms with Gasteiger partial charge in [-0.3, -0.25) is 9.59 Å². The van der Waals surface area contributed by atoms with Crippen LogP contribution in [0.4, 0.5) is 5.69 Å². The normalized spacial score (nSPS) is 39.5. The number of hydrogen-bond donors (Lipinski definition) is 2. The van der Waals surface area contributed by atoms with E-state index in [1.165, 1.54) is 7.11 Å². The fourth-order valence-electron chi connectivity index (χ4n) is 4.48. The topological polar surface area (TPSA) is 87.1 Å². The maximum absolute atomic E-state index is 12.8. The van der Waals surface area contributed by atoms with E-state index in [0.717, 1.165) is 4.90 Å². The van der Waals surface area contributed by atoms with Crippen molar-refractivity contribution in [3.63, 3.8) is 0 Å². The first-order valence-electron chi connectivity index (χ1n) is 7.43. The van der Waals surface area contributed by atoms with Crippen LogP contribution >= 0.6 is 0 Å². The first-order valence-corrected chi connectivity index (χ1v) is 7.43. The van der Waals surface area contributed by atoms with Gasteiger partial charge in [0, 0.05) is 11.8 Å². The molecule has 2 bridgehead atoms. The van der Waals surface area contributed by atoms with Crippen LogP contribution in [-0.4, -0.2) is 41.3 Å². The smallest absolute Gasteiger partial charge is 0.238 e. The number of hydrogen-bond acceptors (Lipinski definition) is 5. The number of para-hydroxylation sites is 2. The van der Waals surface area contributed by atoms with Crippen molar-refractivity contribution >= 4 is 17.5 Å². The minimum Gasteiger partial charge on any atom is -0.495 e. The Morgan fingerprint density at radius 1 is 1.05 bits per heavy atom. The van der Waals surface area contributed by atoms with Crippen molar-refractivity contribution in [1.82, 2.24) is 0 Å². The van der Waals surface area contributed by atoms with E-state index in [-0.39, 0.29) is 23.7 Å². The number of methoxy groups -OCH3 is 1. The molecule has 4 rings (SSSR count). The molecule has 22 heavy (non-hydrogen) atoms. The van der Waals surface area contributed by atoms with Gasteiger partial charge in [0.05, 0.1) is 36.8 Å². The standard InChI is InChI=1S/C16H17NO5/c1-22-10-5-3-2-4-9(10)17-15(20)11-7-6-8(12(11)16(17)21)14(19)13(7)18/h2-5,7-8,11-14,18-19H,6H2,1H3/t7-,8+,11-,12+,13-,14+. The number of benzene rings is 1. The monoisotopic (exact) mass is 303 g/mol. The second-order valence-electron chi connectivity index (χ2n) is 6.28. The SMILES string of the molecule is COc1ccccc1N1C(=O)[C@@H]2[C@H]3C[C@H]([C@H](O)[C@@H]3O)[C@@H]2C1=O. The van der Waals surface area contributed by atoms with Gasteiger partial charge in [-0.05, 0) is 18.6 Å². The molecule has 0 aromatic heterocycles. The Kier molecular flexibility index (Phi) is 2.83. The van der Waals surface area contributed by atoms with Crippen LogP contribution in [0.15, 0.2) is 24.3 Å². The number of anilines is 1. The van der Waals surface area contributed by atoms with Gasteiger partial charge in [-0.2, -0.15) is 0 Å². The lowest BCUT2D eigenvalue weighted by Gasteiger charge is -2.29. The Balaban J connectivity index is 1.76. The third-order valence-corrected chi connectivity index (χ3v) is 5.42. The Morgan fingerprint density at radius 2 is 1.59 bits per heavy atom. The van der Waals surface area contributed by atoms with E-state index < -0.39 is 24.0 Å². The van der Waals surface area contributed by atoms with E-state index >= 15 is 0 Å². The molecule has 2 aliphatic carbocycles. The number of aliphatic hydroxyl groups is 2. The molecule has 3 aliphatic rings. The van der Waals surface area contributed by atoms with Crippen molar-refractivity contribution in [2.75, 3.05) is 12.0 Å². The zero-order valence-electron chi connectivity index (χ0n) is 12.0. The zero-order valence-corrected chi connectivity index (χ0v) is 12.0. The summed E-state index contributed by atoms with van der Waals surface area (Å²) in [5.74, 6) is -1.85. The molecule has 0 spiro atoms. The molecule has 1 aromatic rings. The van der Waals surface area contributed by atoms with Crippen LogP contribution < -0.4 is 9.64 Å². The lowest BCUT2D eigenvalue weighted by atomic mass is 9.78. The highest BCUT2D eigenvalue weighted by molar-refractivity contribution is 6.23. The van der Waals surface area contributed by atoms with E-state index in [1.807, 2.05) is 0 Å². The van der Waals surface area contributed by atoms with Crippen molar-refractivity contribution < 1.29 is 24.5 Å². The second-order valence-corrected chi connectivity index (χ2v) is 6.28. The third kappa shape index (κ3) is 1.51. The number of nitrogens with zero attached hydrogens (tertiary/aromatic N) is 1. The molecule has 0 radical (unpaired) electrons. The van der Waals surface area contributed by atoms with Gasteiger partial charge < -0.3 is 14.9 Å². The first-order chi connectivity index (χ1) is 10.6. The number of fused-ring (bicyclic) bond motifs is 5. The molecular weight excluding hydrogens is 286 g/mol. The summed E-state index contributed by atoms with van der Waals surface area (Å²) in [6, 6.07) is 6.88. The largest absolute Gasteiger partial charge is 0.495 e. The van der Waals surface area contributed by atoms with Gasteiger partial charge in [0.2, 0.25) is 11.8 Å². The molecule has 6 heteroatoms. The predicted octanol–water partition coefficient (Wildman–Crippen LogP) is 0.172. The summed E-state index contributed by atoms with van der Waals surface area (Å²) >= 11 is 0. The average Bonchev–Trinajstić information content (AvgIpc) is 3.12. The number of imide groups is 1. The minimum absolute atomic E-state index is 0.294. The summed E-state index contributed by atoms with van der Waals surface area (Å²) in [7, 11) is 1.49. The zero-order chi connectivity index (χ0) is 15.6. The number of amides is 2. The van der Waals surface area contributed by atoms with Crippen molar-refractivity contribution in [1.29, 1.82) is 0 Å². The average molecular weight is 303 g/mol.